The molecule has 62 valence electrons. The van der Waals surface area contributed by atoms with E-state index in [1.165, 1.54) is 6.08 Å². The summed E-state index contributed by atoms with van der Waals surface area (Å²) in [6.07, 6.45) is 2.09. The van der Waals surface area contributed by atoms with Gasteiger partial charge in [-0.25, -0.2) is 4.79 Å². The average Bonchev–Trinajstić information content (AvgIpc) is 1.94. The molecule has 2 atom stereocenters. The molecule has 1 aliphatic rings. The van der Waals surface area contributed by atoms with E-state index in [1.807, 2.05) is 0 Å². The summed E-state index contributed by atoms with van der Waals surface area (Å²) in [6, 6.07) is 0. The first-order chi connectivity index (χ1) is 5.17. The van der Waals surface area contributed by atoms with Crippen molar-refractivity contribution < 1.29 is 9.90 Å². The molecule has 0 aliphatic carbocycles. The van der Waals surface area contributed by atoms with Crippen molar-refractivity contribution in [2.75, 3.05) is 13.1 Å². The standard InChI is InChI=1S/C8H13NO2/c1-8(11)3-4-9-6-7(8)2-5-10/h2,7,9,11H,3-4,6H2,1H3/t7-,8-/m0/s1. The molecular weight excluding hydrogens is 142 g/mol. The van der Waals surface area contributed by atoms with Gasteiger partial charge in [0.05, 0.1) is 5.60 Å². The second kappa shape index (κ2) is 3.18. The molecular formula is C8H13NO2. The lowest BCUT2D eigenvalue weighted by Gasteiger charge is -2.34. The monoisotopic (exact) mass is 155 g/mol. The minimum atomic E-state index is -0.733. The first-order valence-corrected chi connectivity index (χ1v) is 3.81. The van der Waals surface area contributed by atoms with Crippen LogP contribution in [-0.4, -0.2) is 29.7 Å². The van der Waals surface area contributed by atoms with E-state index in [2.05, 4.69) is 5.32 Å². The molecule has 1 heterocycles. The Morgan fingerprint density at radius 3 is 3.09 bits per heavy atom. The van der Waals surface area contributed by atoms with Crippen molar-refractivity contribution in [2.45, 2.75) is 18.9 Å². The number of hydrogen-bond donors (Lipinski definition) is 2. The SMILES string of the molecule is C[C@]1(O)CCNC[C@@H]1C=C=O. The number of carbonyl (C=O) groups excluding carboxylic acids is 1. The summed E-state index contributed by atoms with van der Waals surface area (Å²) in [6.45, 7) is 3.24. The van der Waals surface area contributed by atoms with E-state index in [-0.39, 0.29) is 5.92 Å². The van der Waals surface area contributed by atoms with E-state index in [1.54, 1.807) is 12.9 Å². The van der Waals surface area contributed by atoms with Gasteiger partial charge in [0.25, 0.3) is 0 Å². The minimum Gasteiger partial charge on any atom is -0.389 e. The van der Waals surface area contributed by atoms with Gasteiger partial charge in [-0.2, -0.15) is 0 Å². The maximum absolute atomic E-state index is 10.0. The maximum Gasteiger partial charge on any atom is 0.120 e. The van der Waals surface area contributed by atoms with Gasteiger partial charge < -0.3 is 10.4 Å². The van der Waals surface area contributed by atoms with Crippen LogP contribution in [0.2, 0.25) is 0 Å². The highest BCUT2D eigenvalue weighted by Gasteiger charge is 2.32. The molecule has 0 aromatic heterocycles. The Kier molecular flexibility index (Phi) is 2.45. The minimum absolute atomic E-state index is 0.0891. The fourth-order valence-corrected chi connectivity index (χ4v) is 1.32. The molecule has 0 aromatic rings. The van der Waals surface area contributed by atoms with Crippen molar-refractivity contribution in [3.05, 3.63) is 6.08 Å². The van der Waals surface area contributed by atoms with E-state index in [0.29, 0.717) is 13.0 Å². The molecule has 2 N–H and O–H groups in total. The second-order valence-electron chi connectivity index (χ2n) is 3.20. The van der Waals surface area contributed by atoms with E-state index >= 15 is 0 Å². The van der Waals surface area contributed by atoms with Crippen LogP contribution in [0.25, 0.3) is 0 Å². The summed E-state index contributed by atoms with van der Waals surface area (Å²) >= 11 is 0. The molecule has 0 unspecified atom stereocenters. The van der Waals surface area contributed by atoms with Crippen LogP contribution in [0.15, 0.2) is 6.08 Å². The van der Waals surface area contributed by atoms with Gasteiger partial charge in [-0.05, 0) is 19.9 Å². The van der Waals surface area contributed by atoms with Gasteiger partial charge in [-0.3, -0.25) is 0 Å². The van der Waals surface area contributed by atoms with Crippen LogP contribution in [0.1, 0.15) is 13.3 Å². The molecule has 1 saturated heterocycles. The summed E-state index contributed by atoms with van der Waals surface area (Å²) < 4.78 is 0. The zero-order valence-electron chi connectivity index (χ0n) is 6.63. The fourth-order valence-electron chi connectivity index (χ4n) is 1.32. The van der Waals surface area contributed by atoms with E-state index in [0.717, 1.165) is 6.54 Å². The molecule has 0 aromatic carbocycles. The highest BCUT2D eigenvalue weighted by atomic mass is 16.3. The molecule has 0 spiro atoms. The lowest BCUT2D eigenvalue weighted by atomic mass is 9.83. The topological polar surface area (TPSA) is 49.3 Å². The normalized spacial score (nSPS) is 37.8. The van der Waals surface area contributed by atoms with E-state index < -0.39 is 5.60 Å². The lowest BCUT2D eigenvalue weighted by Crippen LogP contribution is -2.47. The smallest absolute Gasteiger partial charge is 0.120 e. The Labute approximate surface area is 66.1 Å². The summed E-state index contributed by atoms with van der Waals surface area (Å²) in [5.74, 6) is 1.63. The van der Waals surface area contributed by atoms with Crippen LogP contribution in [0.3, 0.4) is 0 Å². The van der Waals surface area contributed by atoms with Crippen LogP contribution >= 0.6 is 0 Å². The van der Waals surface area contributed by atoms with Crippen LogP contribution in [-0.2, 0) is 4.79 Å². The Balaban J connectivity index is 2.66. The summed E-state index contributed by atoms with van der Waals surface area (Å²) in [5.41, 5.74) is -0.733. The second-order valence-corrected chi connectivity index (χ2v) is 3.20. The van der Waals surface area contributed by atoms with Gasteiger partial charge >= 0.3 is 0 Å². The Hall–Kier alpha value is -0.630. The highest BCUT2D eigenvalue weighted by molar-refractivity contribution is 5.46. The molecule has 3 heteroatoms. The van der Waals surface area contributed by atoms with Crippen molar-refractivity contribution in [2.24, 2.45) is 5.92 Å². The van der Waals surface area contributed by atoms with Gasteiger partial charge in [-0.15, -0.1) is 0 Å². The summed E-state index contributed by atoms with van der Waals surface area (Å²) in [4.78, 5) is 10.0. The van der Waals surface area contributed by atoms with Crippen LogP contribution in [0.4, 0.5) is 0 Å². The largest absolute Gasteiger partial charge is 0.389 e. The first-order valence-electron chi connectivity index (χ1n) is 3.81. The Morgan fingerprint density at radius 1 is 1.82 bits per heavy atom. The number of piperidine rings is 1. The third-order valence-electron chi connectivity index (χ3n) is 2.24. The third kappa shape index (κ3) is 1.90. The van der Waals surface area contributed by atoms with Gasteiger partial charge in [0.15, 0.2) is 0 Å². The molecule has 1 rings (SSSR count). The van der Waals surface area contributed by atoms with E-state index in [4.69, 9.17) is 0 Å². The predicted molar refractivity (Wildman–Crippen MR) is 41.9 cm³/mol. The van der Waals surface area contributed by atoms with Gasteiger partial charge in [-0.1, -0.05) is 0 Å². The van der Waals surface area contributed by atoms with Crippen molar-refractivity contribution in [3.8, 4) is 0 Å². The summed E-state index contributed by atoms with van der Waals surface area (Å²) in [7, 11) is 0. The van der Waals surface area contributed by atoms with Gasteiger partial charge in [0.2, 0.25) is 0 Å². The molecule has 0 amide bonds. The van der Waals surface area contributed by atoms with Crippen LogP contribution < -0.4 is 5.32 Å². The molecule has 1 fully saturated rings. The van der Waals surface area contributed by atoms with Gasteiger partial charge in [0.1, 0.15) is 5.94 Å². The Bertz CT molecular complexity index is 183. The molecule has 3 nitrogen and oxygen atoms in total. The fraction of sp³-hybridized carbons (Fsp3) is 0.750. The first kappa shape index (κ1) is 8.47. The van der Waals surface area contributed by atoms with E-state index in [9.17, 15) is 9.90 Å². The van der Waals surface area contributed by atoms with Crippen molar-refractivity contribution in [1.29, 1.82) is 0 Å². The molecule has 0 radical (unpaired) electrons. The van der Waals surface area contributed by atoms with Crippen molar-refractivity contribution >= 4 is 5.94 Å². The van der Waals surface area contributed by atoms with Crippen molar-refractivity contribution in [3.63, 3.8) is 0 Å². The number of nitrogens with one attached hydrogen (secondary N) is 1. The maximum atomic E-state index is 10.0. The molecule has 1 aliphatic heterocycles. The third-order valence-corrected chi connectivity index (χ3v) is 2.24. The average molecular weight is 155 g/mol. The highest BCUT2D eigenvalue weighted by Crippen LogP contribution is 2.23. The van der Waals surface area contributed by atoms with Gasteiger partial charge in [0, 0.05) is 18.5 Å². The number of hydrogen-bond acceptors (Lipinski definition) is 3. The Morgan fingerprint density at radius 2 is 2.55 bits per heavy atom. The molecule has 0 saturated carbocycles. The molecule has 0 bridgehead atoms. The zero-order valence-corrected chi connectivity index (χ0v) is 6.63. The lowest BCUT2D eigenvalue weighted by molar-refractivity contribution is -0.00427. The van der Waals surface area contributed by atoms with Crippen LogP contribution in [0, 0.1) is 5.92 Å². The zero-order chi connectivity index (χ0) is 8.32. The van der Waals surface area contributed by atoms with Crippen LogP contribution in [0.5, 0.6) is 0 Å². The molecule has 11 heavy (non-hydrogen) atoms. The summed E-state index contributed by atoms with van der Waals surface area (Å²) in [5, 5.41) is 12.8. The number of aliphatic hydroxyl groups is 1. The predicted octanol–water partition coefficient (Wildman–Crippen LogP) is -0.265. The quantitative estimate of drug-likeness (QED) is 0.513. The van der Waals surface area contributed by atoms with Crippen molar-refractivity contribution in [1.82, 2.24) is 5.32 Å². The number of rotatable bonds is 1.